The third-order valence-electron chi connectivity index (χ3n) is 5.42. The minimum absolute atomic E-state index is 0.0138. The Morgan fingerprint density at radius 3 is 2.59 bits per heavy atom. The number of fused-ring (bicyclic) bond motifs is 1. The van der Waals surface area contributed by atoms with E-state index in [1.54, 1.807) is 30.3 Å². The highest BCUT2D eigenvalue weighted by atomic mass is 32.1. The molecular formula is C21H24N2O3S. The second-order valence-electron chi connectivity index (χ2n) is 7.19. The summed E-state index contributed by atoms with van der Waals surface area (Å²) in [6.07, 6.45) is 2.88. The van der Waals surface area contributed by atoms with Gasteiger partial charge in [0.1, 0.15) is 12.3 Å². The number of hydrogen-bond donors (Lipinski definition) is 0. The zero-order valence-electron chi connectivity index (χ0n) is 15.7. The van der Waals surface area contributed by atoms with Gasteiger partial charge in [0, 0.05) is 24.4 Å². The number of benzene rings is 1. The van der Waals surface area contributed by atoms with E-state index in [9.17, 15) is 9.59 Å². The lowest BCUT2D eigenvalue weighted by atomic mass is 9.93. The molecule has 1 aliphatic carbocycles. The van der Waals surface area contributed by atoms with Gasteiger partial charge >= 0.3 is 0 Å². The number of amides is 2. The van der Waals surface area contributed by atoms with Crippen molar-refractivity contribution in [1.82, 2.24) is 9.80 Å². The van der Waals surface area contributed by atoms with Gasteiger partial charge in [0.05, 0.1) is 13.2 Å². The summed E-state index contributed by atoms with van der Waals surface area (Å²) in [6.45, 7) is 2.41. The molecule has 1 saturated carbocycles. The molecule has 1 fully saturated rings. The van der Waals surface area contributed by atoms with Crippen molar-refractivity contribution in [3.63, 3.8) is 0 Å². The standard InChI is InChI=1S/C21H24N2O3S/c1-14(24)23(16-5-6-16)13-20(25)22-11-9-19-18(10-12-27-19)21(22)15-3-7-17(26-2)8-4-15/h3-4,7-8,10,12,16,21H,5-6,9,11,13H2,1-2H3. The quantitative estimate of drug-likeness (QED) is 0.795. The van der Waals surface area contributed by atoms with Crippen molar-refractivity contribution in [2.45, 2.75) is 38.3 Å². The van der Waals surface area contributed by atoms with Crippen molar-refractivity contribution < 1.29 is 14.3 Å². The highest BCUT2D eigenvalue weighted by Gasteiger charge is 2.37. The lowest BCUT2D eigenvalue weighted by molar-refractivity contribution is -0.141. The Bertz CT molecular complexity index is 841. The van der Waals surface area contributed by atoms with Gasteiger partial charge in [0.25, 0.3) is 0 Å². The number of nitrogens with zero attached hydrogens (tertiary/aromatic N) is 2. The van der Waals surface area contributed by atoms with Gasteiger partial charge in [-0.3, -0.25) is 9.59 Å². The van der Waals surface area contributed by atoms with Crippen LogP contribution in [0.15, 0.2) is 35.7 Å². The number of rotatable bonds is 5. The molecule has 0 spiro atoms. The molecule has 2 amide bonds. The van der Waals surface area contributed by atoms with Crippen molar-refractivity contribution in [3.05, 3.63) is 51.7 Å². The SMILES string of the molecule is COc1ccc(C2c3ccsc3CCN2C(=O)CN(C(C)=O)C2CC2)cc1. The first-order valence-corrected chi connectivity index (χ1v) is 10.2. The molecule has 0 saturated heterocycles. The minimum atomic E-state index is -0.105. The lowest BCUT2D eigenvalue weighted by Gasteiger charge is -2.37. The van der Waals surface area contributed by atoms with E-state index in [1.165, 1.54) is 10.4 Å². The molecule has 2 aromatic rings. The van der Waals surface area contributed by atoms with Crippen LogP contribution in [0.2, 0.25) is 0 Å². The summed E-state index contributed by atoms with van der Waals surface area (Å²) in [7, 11) is 1.65. The van der Waals surface area contributed by atoms with E-state index in [2.05, 4.69) is 11.4 Å². The summed E-state index contributed by atoms with van der Waals surface area (Å²) < 4.78 is 5.27. The molecule has 1 aromatic heterocycles. The smallest absolute Gasteiger partial charge is 0.243 e. The van der Waals surface area contributed by atoms with Gasteiger partial charge in [0.15, 0.2) is 0 Å². The summed E-state index contributed by atoms with van der Waals surface area (Å²) in [5.41, 5.74) is 2.27. The fraction of sp³-hybridized carbons (Fsp3) is 0.429. The highest BCUT2D eigenvalue weighted by molar-refractivity contribution is 7.10. The Morgan fingerprint density at radius 1 is 1.22 bits per heavy atom. The summed E-state index contributed by atoms with van der Waals surface area (Å²) in [6, 6.07) is 10.2. The number of hydrogen-bond acceptors (Lipinski definition) is 4. The summed E-state index contributed by atoms with van der Waals surface area (Å²) in [4.78, 5) is 30.2. The van der Waals surface area contributed by atoms with E-state index in [1.807, 2.05) is 29.2 Å². The predicted molar refractivity (Wildman–Crippen MR) is 105 cm³/mol. The minimum Gasteiger partial charge on any atom is -0.497 e. The summed E-state index contributed by atoms with van der Waals surface area (Å²) in [5, 5.41) is 2.10. The van der Waals surface area contributed by atoms with Crippen LogP contribution in [0.3, 0.4) is 0 Å². The van der Waals surface area contributed by atoms with Crippen molar-refractivity contribution in [1.29, 1.82) is 0 Å². The molecule has 142 valence electrons. The first-order valence-electron chi connectivity index (χ1n) is 9.35. The van der Waals surface area contributed by atoms with Crippen molar-refractivity contribution >= 4 is 23.2 Å². The molecule has 0 bridgehead atoms. The van der Waals surface area contributed by atoms with Gasteiger partial charge in [-0.2, -0.15) is 0 Å². The maximum Gasteiger partial charge on any atom is 0.243 e. The number of methoxy groups -OCH3 is 1. The van der Waals surface area contributed by atoms with Crippen LogP contribution in [0, 0.1) is 0 Å². The molecule has 4 rings (SSSR count). The molecule has 2 aliphatic rings. The maximum absolute atomic E-state index is 13.2. The Morgan fingerprint density at radius 2 is 1.96 bits per heavy atom. The van der Waals surface area contributed by atoms with E-state index in [-0.39, 0.29) is 30.4 Å². The van der Waals surface area contributed by atoms with Crippen LogP contribution >= 0.6 is 11.3 Å². The number of ether oxygens (including phenoxy) is 1. The fourth-order valence-corrected chi connectivity index (χ4v) is 4.75. The van der Waals surface area contributed by atoms with Crippen LogP contribution < -0.4 is 4.74 Å². The average molecular weight is 385 g/mol. The third kappa shape index (κ3) is 3.58. The van der Waals surface area contributed by atoms with Crippen LogP contribution in [-0.2, 0) is 16.0 Å². The number of carbonyl (C=O) groups is 2. The Balaban J connectivity index is 1.63. The first kappa shape index (κ1) is 18.0. The molecule has 27 heavy (non-hydrogen) atoms. The molecule has 0 radical (unpaired) electrons. The normalized spacial score (nSPS) is 18.7. The molecule has 6 heteroatoms. The van der Waals surface area contributed by atoms with Crippen LogP contribution in [-0.4, -0.2) is 47.9 Å². The van der Waals surface area contributed by atoms with E-state index in [0.29, 0.717) is 6.54 Å². The van der Waals surface area contributed by atoms with Crippen LogP contribution in [0.4, 0.5) is 0 Å². The van der Waals surface area contributed by atoms with Gasteiger partial charge in [-0.05, 0) is 54.0 Å². The molecule has 1 atom stereocenters. The topological polar surface area (TPSA) is 49.9 Å². The predicted octanol–water partition coefficient (Wildman–Crippen LogP) is 3.24. The molecule has 1 unspecified atom stereocenters. The van der Waals surface area contributed by atoms with Gasteiger partial charge in [-0.15, -0.1) is 11.3 Å². The lowest BCUT2D eigenvalue weighted by Crippen LogP contribution is -2.47. The Hall–Kier alpha value is -2.34. The zero-order valence-corrected chi connectivity index (χ0v) is 16.5. The van der Waals surface area contributed by atoms with E-state index in [4.69, 9.17) is 4.74 Å². The third-order valence-corrected chi connectivity index (χ3v) is 6.41. The van der Waals surface area contributed by atoms with Gasteiger partial charge in [0.2, 0.25) is 11.8 Å². The van der Waals surface area contributed by atoms with Crippen molar-refractivity contribution in [2.24, 2.45) is 0 Å². The van der Waals surface area contributed by atoms with Crippen molar-refractivity contribution in [3.8, 4) is 5.75 Å². The monoisotopic (exact) mass is 384 g/mol. The molecular weight excluding hydrogens is 360 g/mol. The summed E-state index contributed by atoms with van der Waals surface area (Å²) in [5.74, 6) is 0.810. The molecule has 5 nitrogen and oxygen atoms in total. The number of carbonyl (C=O) groups excluding carboxylic acids is 2. The molecule has 1 aromatic carbocycles. The van der Waals surface area contributed by atoms with Crippen LogP contribution in [0.25, 0.3) is 0 Å². The average Bonchev–Trinajstić information content (AvgIpc) is 3.40. The largest absolute Gasteiger partial charge is 0.497 e. The van der Waals surface area contributed by atoms with Gasteiger partial charge in [-0.25, -0.2) is 0 Å². The number of thiophene rings is 1. The van der Waals surface area contributed by atoms with Gasteiger partial charge in [-0.1, -0.05) is 12.1 Å². The first-order chi connectivity index (χ1) is 13.1. The van der Waals surface area contributed by atoms with E-state index in [0.717, 1.165) is 30.6 Å². The second kappa shape index (κ2) is 7.35. The molecule has 2 heterocycles. The van der Waals surface area contributed by atoms with E-state index < -0.39 is 0 Å². The second-order valence-corrected chi connectivity index (χ2v) is 8.19. The fourth-order valence-electron chi connectivity index (χ4n) is 3.85. The Kier molecular flexibility index (Phi) is 4.91. The highest BCUT2D eigenvalue weighted by Crippen LogP contribution is 2.38. The zero-order chi connectivity index (χ0) is 19.0. The Labute approximate surface area is 163 Å². The maximum atomic E-state index is 13.2. The van der Waals surface area contributed by atoms with Crippen LogP contribution in [0.5, 0.6) is 5.75 Å². The molecule has 0 N–H and O–H groups in total. The van der Waals surface area contributed by atoms with Crippen LogP contribution in [0.1, 0.15) is 41.8 Å². The van der Waals surface area contributed by atoms with E-state index >= 15 is 0 Å². The summed E-state index contributed by atoms with van der Waals surface area (Å²) >= 11 is 1.75. The van der Waals surface area contributed by atoms with Gasteiger partial charge < -0.3 is 14.5 Å². The molecule has 1 aliphatic heterocycles. The van der Waals surface area contributed by atoms with Crippen molar-refractivity contribution in [2.75, 3.05) is 20.2 Å².